The van der Waals surface area contributed by atoms with Crippen LogP contribution in [0.5, 0.6) is 0 Å². The molecule has 0 aromatic carbocycles. The minimum atomic E-state index is -3.51. The van der Waals surface area contributed by atoms with Gasteiger partial charge in [0, 0.05) is 19.8 Å². The molecule has 1 rings (SSSR count). The van der Waals surface area contributed by atoms with Gasteiger partial charge < -0.3 is 5.32 Å². The first-order valence-corrected chi connectivity index (χ1v) is 7.86. The highest BCUT2D eigenvalue weighted by atomic mass is 32.2. The molecule has 0 fully saturated rings. The molecule has 19 heavy (non-hydrogen) atoms. The van der Waals surface area contributed by atoms with Gasteiger partial charge in [0.25, 0.3) is 0 Å². The van der Waals surface area contributed by atoms with Crippen molar-refractivity contribution in [3.8, 4) is 0 Å². The fraction of sp³-hybridized carbons (Fsp3) is 0.583. The van der Waals surface area contributed by atoms with Gasteiger partial charge in [0.15, 0.2) is 0 Å². The van der Waals surface area contributed by atoms with Gasteiger partial charge in [-0.25, -0.2) is 4.98 Å². The van der Waals surface area contributed by atoms with E-state index in [1.165, 1.54) is 4.31 Å². The molecule has 1 heterocycles. The molecule has 7 heteroatoms. The van der Waals surface area contributed by atoms with E-state index in [4.69, 9.17) is 0 Å². The van der Waals surface area contributed by atoms with Crippen LogP contribution in [0, 0.1) is 0 Å². The number of nitrogens with zero attached hydrogens (tertiary/aromatic N) is 2. The summed E-state index contributed by atoms with van der Waals surface area (Å²) in [4.78, 5) is 3.94. The molecule has 0 amide bonds. The summed E-state index contributed by atoms with van der Waals surface area (Å²) in [6.07, 6.45) is 3.40. The number of pyridine rings is 1. The lowest BCUT2D eigenvalue weighted by Crippen LogP contribution is -2.34. The van der Waals surface area contributed by atoms with E-state index in [0.29, 0.717) is 12.4 Å². The van der Waals surface area contributed by atoms with Crippen LogP contribution in [0.3, 0.4) is 0 Å². The Labute approximate surface area is 115 Å². The second-order valence-corrected chi connectivity index (χ2v) is 6.02. The van der Waals surface area contributed by atoms with Crippen molar-refractivity contribution < 1.29 is 8.42 Å². The molecular weight excluding hydrogens is 264 g/mol. The Morgan fingerprint density at radius 1 is 1.32 bits per heavy atom. The summed E-state index contributed by atoms with van der Waals surface area (Å²) in [6, 6.07) is 5.09. The Hall–Kier alpha value is -1.18. The van der Waals surface area contributed by atoms with Crippen molar-refractivity contribution in [2.75, 3.05) is 31.4 Å². The summed E-state index contributed by atoms with van der Waals surface area (Å²) in [6.45, 7) is 4.35. The quantitative estimate of drug-likeness (QED) is 0.666. The Morgan fingerprint density at radius 3 is 2.74 bits per heavy atom. The summed E-state index contributed by atoms with van der Waals surface area (Å²) in [5, 5.41) is 3.24. The molecule has 0 aliphatic carbocycles. The fourth-order valence-electron chi connectivity index (χ4n) is 1.48. The third-order valence-corrected chi connectivity index (χ3v) is 4.03. The SMILES string of the molecule is CCCNCCCN(C)S(=O)(=O)Nc1ccccn1. The fourth-order valence-corrected chi connectivity index (χ4v) is 2.39. The summed E-state index contributed by atoms with van der Waals surface area (Å²) < 4.78 is 27.7. The predicted octanol–water partition coefficient (Wildman–Crippen LogP) is 1.06. The van der Waals surface area contributed by atoms with Gasteiger partial charge in [-0.15, -0.1) is 0 Å². The van der Waals surface area contributed by atoms with Gasteiger partial charge in [-0.05, 0) is 38.1 Å². The molecule has 108 valence electrons. The lowest BCUT2D eigenvalue weighted by atomic mass is 10.4. The van der Waals surface area contributed by atoms with Crippen LogP contribution in [-0.2, 0) is 10.2 Å². The van der Waals surface area contributed by atoms with Gasteiger partial charge in [0.1, 0.15) is 5.82 Å². The predicted molar refractivity (Wildman–Crippen MR) is 77.2 cm³/mol. The minimum Gasteiger partial charge on any atom is -0.317 e. The first kappa shape index (κ1) is 15.9. The number of anilines is 1. The largest absolute Gasteiger partial charge is 0.317 e. The van der Waals surface area contributed by atoms with E-state index in [1.54, 1.807) is 31.4 Å². The van der Waals surface area contributed by atoms with Crippen molar-refractivity contribution in [1.82, 2.24) is 14.6 Å². The Balaban J connectivity index is 2.39. The zero-order chi connectivity index (χ0) is 14.1. The van der Waals surface area contributed by atoms with Crippen molar-refractivity contribution in [3.05, 3.63) is 24.4 Å². The smallest absolute Gasteiger partial charge is 0.302 e. The van der Waals surface area contributed by atoms with Crippen LogP contribution < -0.4 is 10.0 Å². The molecule has 0 aliphatic heterocycles. The van der Waals surface area contributed by atoms with Crippen molar-refractivity contribution in [2.24, 2.45) is 0 Å². The third kappa shape index (κ3) is 6.00. The Bertz CT molecular complexity index is 450. The second kappa shape index (κ2) is 8.08. The summed E-state index contributed by atoms with van der Waals surface area (Å²) >= 11 is 0. The van der Waals surface area contributed by atoms with Crippen LogP contribution in [0.4, 0.5) is 5.82 Å². The number of nitrogens with one attached hydrogen (secondary N) is 2. The van der Waals surface area contributed by atoms with E-state index >= 15 is 0 Å². The topological polar surface area (TPSA) is 74.3 Å². The average molecular weight is 286 g/mol. The van der Waals surface area contributed by atoms with Crippen LogP contribution in [0.1, 0.15) is 19.8 Å². The number of hydrogen-bond donors (Lipinski definition) is 2. The minimum absolute atomic E-state index is 0.332. The molecule has 0 saturated carbocycles. The maximum absolute atomic E-state index is 12.0. The lowest BCUT2D eigenvalue weighted by molar-refractivity contribution is 0.458. The standard InChI is InChI=1S/C12H22N4O2S/c1-3-8-13-9-6-11-16(2)19(17,18)15-12-7-4-5-10-14-12/h4-5,7,10,13H,3,6,8-9,11H2,1-2H3,(H,14,15). The highest BCUT2D eigenvalue weighted by molar-refractivity contribution is 7.90. The molecule has 0 unspecified atom stereocenters. The highest BCUT2D eigenvalue weighted by Crippen LogP contribution is 2.06. The monoisotopic (exact) mass is 286 g/mol. The van der Waals surface area contributed by atoms with E-state index in [2.05, 4.69) is 21.9 Å². The third-order valence-electron chi connectivity index (χ3n) is 2.56. The molecular formula is C12H22N4O2S. The second-order valence-electron chi connectivity index (χ2n) is 4.25. The van der Waals surface area contributed by atoms with E-state index in [1.807, 2.05) is 0 Å². The molecule has 1 aromatic rings. The van der Waals surface area contributed by atoms with Crippen molar-refractivity contribution in [2.45, 2.75) is 19.8 Å². The molecule has 0 bridgehead atoms. The van der Waals surface area contributed by atoms with E-state index < -0.39 is 10.2 Å². The van der Waals surface area contributed by atoms with Crippen molar-refractivity contribution in [1.29, 1.82) is 0 Å². The maximum atomic E-state index is 12.0. The maximum Gasteiger partial charge on any atom is 0.302 e. The van der Waals surface area contributed by atoms with Crippen molar-refractivity contribution >= 4 is 16.0 Å². The molecule has 0 spiro atoms. The average Bonchev–Trinajstić information content (AvgIpc) is 2.39. The molecule has 2 N–H and O–H groups in total. The van der Waals surface area contributed by atoms with Crippen LogP contribution in [0.25, 0.3) is 0 Å². The molecule has 0 radical (unpaired) electrons. The first-order chi connectivity index (χ1) is 9.06. The lowest BCUT2D eigenvalue weighted by Gasteiger charge is -2.17. The zero-order valence-corrected chi connectivity index (χ0v) is 12.3. The Morgan fingerprint density at radius 2 is 2.11 bits per heavy atom. The van der Waals surface area contributed by atoms with Gasteiger partial charge in [-0.3, -0.25) is 4.72 Å². The Kier molecular flexibility index (Phi) is 6.75. The van der Waals surface area contributed by atoms with Gasteiger partial charge in [-0.1, -0.05) is 13.0 Å². The van der Waals surface area contributed by atoms with Crippen LogP contribution >= 0.6 is 0 Å². The van der Waals surface area contributed by atoms with Crippen LogP contribution in [0.2, 0.25) is 0 Å². The molecule has 6 nitrogen and oxygen atoms in total. The van der Waals surface area contributed by atoms with Crippen LogP contribution in [-0.4, -0.2) is 44.4 Å². The molecule has 0 saturated heterocycles. The number of aromatic nitrogens is 1. The number of hydrogen-bond acceptors (Lipinski definition) is 4. The van der Waals surface area contributed by atoms with Gasteiger partial charge in [0.2, 0.25) is 0 Å². The first-order valence-electron chi connectivity index (χ1n) is 6.42. The molecule has 0 atom stereocenters. The van der Waals surface area contributed by atoms with E-state index in [-0.39, 0.29) is 0 Å². The molecule has 1 aromatic heterocycles. The van der Waals surface area contributed by atoms with Gasteiger partial charge >= 0.3 is 10.2 Å². The normalized spacial score (nSPS) is 11.7. The summed E-state index contributed by atoms with van der Waals surface area (Å²) in [7, 11) is -1.95. The van der Waals surface area contributed by atoms with E-state index in [0.717, 1.165) is 25.9 Å². The number of rotatable bonds is 9. The summed E-state index contributed by atoms with van der Waals surface area (Å²) in [5.74, 6) is 0.332. The van der Waals surface area contributed by atoms with E-state index in [9.17, 15) is 8.42 Å². The van der Waals surface area contributed by atoms with Crippen LogP contribution in [0.15, 0.2) is 24.4 Å². The molecule has 0 aliphatic rings. The van der Waals surface area contributed by atoms with Gasteiger partial charge in [-0.2, -0.15) is 12.7 Å². The summed E-state index contributed by atoms with van der Waals surface area (Å²) in [5.41, 5.74) is 0. The van der Waals surface area contributed by atoms with Crippen molar-refractivity contribution in [3.63, 3.8) is 0 Å². The zero-order valence-electron chi connectivity index (χ0n) is 11.5. The highest BCUT2D eigenvalue weighted by Gasteiger charge is 2.17. The van der Waals surface area contributed by atoms with Gasteiger partial charge in [0.05, 0.1) is 0 Å².